The van der Waals surface area contributed by atoms with Gasteiger partial charge in [0.1, 0.15) is 0 Å². The molecule has 0 aromatic heterocycles. The molecular formula is C16H26N2O3. The molecule has 0 aliphatic carbocycles. The number of aliphatic hydroxyl groups excluding tert-OH is 1. The largest absolute Gasteiger partial charge is 0.391 e. The number of rotatable bonds is 8. The van der Waals surface area contributed by atoms with Crippen molar-refractivity contribution in [2.45, 2.75) is 39.9 Å². The fourth-order valence-corrected chi connectivity index (χ4v) is 1.92. The van der Waals surface area contributed by atoms with Crippen LogP contribution >= 0.6 is 0 Å². The Balaban J connectivity index is 2.34. The highest BCUT2D eigenvalue weighted by Gasteiger charge is 2.09. The van der Waals surface area contributed by atoms with Crippen LogP contribution in [0.2, 0.25) is 0 Å². The molecule has 0 fully saturated rings. The maximum absolute atomic E-state index is 11.7. The zero-order chi connectivity index (χ0) is 15.7. The van der Waals surface area contributed by atoms with E-state index in [1.165, 1.54) is 0 Å². The molecule has 1 aromatic carbocycles. The maximum atomic E-state index is 11.7. The third-order valence-electron chi connectivity index (χ3n) is 2.93. The summed E-state index contributed by atoms with van der Waals surface area (Å²) in [5.41, 5.74) is 1.78. The van der Waals surface area contributed by atoms with Crippen LogP contribution in [0.1, 0.15) is 32.8 Å². The second-order valence-electron chi connectivity index (χ2n) is 5.45. The lowest BCUT2D eigenvalue weighted by Gasteiger charge is -2.14. The highest BCUT2D eigenvalue weighted by Crippen LogP contribution is 2.10. The van der Waals surface area contributed by atoms with E-state index in [0.29, 0.717) is 31.2 Å². The summed E-state index contributed by atoms with van der Waals surface area (Å²) >= 11 is 0. The summed E-state index contributed by atoms with van der Waals surface area (Å²) in [5.74, 6) is 0.405. The van der Waals surface area contributed by atoms with Gasteiger partial charge in [-0.25, -0.2) is 4.79 Å². The van der Waals surface area contributed by atoms with Gasteiger partial charge in [0.05, 0.1) is 12.7 Å². The highest BCUT2D eigenvalue weighted by molar-refractivity contribution is 5.89. The molecular weight excluding hydrogens is 268 g/mol. The molecule has 2 amide bonds. The number of amides is 2. The van der Waals surface area contributed by atoms with Crippen LogP contribution in [0.4, 0.5) is 10.5 Å². The molecule has 1 aromatic rings. The Kier molecular flexibility index (Phi) is 7.79. The molecule has 0 saturated heterocycles. The van der Waals surface area contributed by atoms with Crippen molar-refractivity contribution in [3.8, 4) is 0 Å². The zero-order valence-corrected chi connectivity index (χ0v) is 13.1. The molecule has 1 unspecified atom stereocenters. The van der Waals surface area contributed by atoms with Crippen LogP contribution in [0, 0.1) is 5.92 Å². The first kappa shape index (κ1) is 17.5. The lowest BCUT2D eigenvalue weighted by atomic mass is 10.1. The number of hydrogen-bond acceptors (Lipinski definition) is 3. The van der Waals surface area contributed by atoms with E-state index in [1.807, 2.05) is 45.0 Å². The van der Waals surface area contributed by atoms with Gasteiger partial charge in [0, 0.05) is 18.8 Å². The van der Waals surface area contributed by atoms with Crippen molar-refractivity contribution in [2.75, 3.05) is 18.5 Å². The van der Waals surface area contributed by atoms with Crippen molar-refractivity contribution in [1.29, 1.82) is 0 Å². The fourth-order valence-electron chi connectivity index (χ4n) is 1.92. The lowest BCUT2D eigenvalue weighted by Crippen LogP contribution is -2.35. The molecule has 0 heterocycles. The second kappa shape index (κ2) is 9.37. The van der Waals surface area contributed by atoms with E-state index in [0.717, 1.165) is 5.56 Å². The first-order valence-corrected chi connectivity index (χ1v) is 7.40. The third kappa shape index (κ3) is 7.68. The Morgan fingerprint density at radius 3 is 2.52 bits per heavy atom. The van der Waals surface area contributed by atoms with E-state index in [2.05, 4.69) is 10.6 Å². The summed E-state index contributed by atoms with van der Waals surface area (Å²) in [6.45, 7) is 7.53. The van der Waals surface area contributed by atoms with Gasteiger partial charge in [0.15, 0.2) is 0 Å². The van der Waals surface area contributed by atoms with Crippen LogP contribution in [0.25, 0.3) is 0 Å². The minimum atomic E-state index is -0.510. The van der Waals surface area contributed by atoms with Crippen LogP contribution in [0.5, 0.6) is 0 Å². The molecule has 0 spiro atoms. The molecule has 5 nitrogen and oxygen atoms in total. The summed E-state index contributed by atoms with van der Waals surface area (Å²) in [6, 6.07) is 7.18. The van der Waals surface area contributed by atoms with E-state index in [9.17, 15) is 9.90 Å². The molecule has 1 rings (SSSR count). The SMILES string of the molecule is CCOCc1ccc(NC(=O)NCC(O)CC(C)C)cc1. The van der Waals surface area contributed by atoms with Crippen LogP contribution < -0.4 is 10.6 Å². The Labute approximate surface area is 126 Å². The van der Waals surface area contributed by atoms with Crippen molar-refractivity contribution < 1.29 is 14.6 Å². The minimum Gasteiger partial charge on any atom is -0.391 e. The molecule has 1 atom stereocenters. The minimum absolute atomic E-state index is 0.256. The number of benzene rings is 1. The van der Waals surface area contributed by atoms with Crippen molar-refractivity contribution in [1.82, 2.24) is 5.32 Å². The number of carbonyl (C=O) groups is 1. The molecule has 0 bridgehead atoms. The smallest absolute Gasteiger partial charge is 0.319 e. The lowest BCUT2D eigenvalue weighted by molar-refractivity contribution is 0.134. The van der Waals surface area contributed by atoms with E-state index >= 15 is 0 Å². The first-order valence-electron chi connectivity index (χ1n) is 7.40. The number of nitrogens with one attached hydrogen (secondary N) is 2. The molecule has 0 saturated carbocycles. The zero-order valence-electron chi connectivity index (χ0n) is 13.1. The Hall–Kier alpha value is -1.59. The van der Waals surface area contributed by atoms with Gasteiger partial charge in [-0.15, -0.1) is 0 Å². The molecule has 0 aliphatic rings. The predicted molar refractivity (Wildman–Crippen MR) is 84.3 cm³/mol. The molecule has 5 heteroatoms. The number of ether oxygens (including phenoxy) is 1. The monoisotopic (exact) mass is 294 g/mol. The van der Waals surface area contributed by atoms with Crippen LogP contribution in [-0.4, -0.2) is 30.4 Å². The normalized spacial score (nSPS) is 12.2. The highest BCUT2D eigenvalue weighted by atomic mass is 16.5. The maximum Gasteiger partial charge on any atom is 0.319 e. The quantitative estimate of drug-likeness (QED) is 0.690. The number of hydrogen-bond donors (Lipinski definition) is 3. The van der Waals surface area contributed by atoms with Crippen molar-refractivity contribution in [3.63, 3.8) is 0 Å². The van der Waals surface area contributed by atoms with Gasteiger partial charge in [0.2, 0.25) is 0 Å². The summed E-state index contributed by atoms with van der Waals surface area (Å²) in [6.07, 6.45) is 0.163. The third-order valence-corrected chi connectivity index (χ3v) is 2.93. The van der Waals surface area contributed by atoms with Crippen molar-refractivity contribution in [2.24, 2.45) is 5.92 Å². The average molecular weight is 294 g/mol. The second-order valence-corrected chi connectivity index (χ2v) is 5.45. The van der Waals surface area contributed by atoms with Crippen LogP contribution in [-0.2, 0) is 11.3 Å². The van der Waals surface area contributed by atoms with E-state index < -0.39 is 6.10 Å². The average Bonchev–Trinajstić information content (AvgIpc) is 2.44. The van der Waals surface area contributed by atoms with Gasteiger partial charge >= 0.3 is 6.03 Å². The Bertz CT molecular complexity index is 418. The summed E-state index contributed by atoms with van der Waals surface area (Å²) in [5, 5.41) is 15.1. The van der Waals surface area contributed by atoms with Crippen molar-refractivity contribution in [3.05, 3.63) is 29.8 Å². The number of carbonyl (C=O) groups excluding carboxylic acids is 1. The van der Waals surface area contributed by atoms with Gasteiger partial charge in [-0.2, -0.15) is 0 Å². The Morgan fingerprint density at radius 1 is 1.29 bits per heavy atom. The summed E-state index contributed by atoms with van der Waals surface area (Å²) in [4.78, 5) is 11.7. The summed E-state index contributed by atoms with van der Waals surface area (Å²) < 4.78 is 5.31. The molecule has 118 valence electrons. The molecule has 21 heavy (non-hydrogen) atoms. The van der Waals surface area contributed by atoms with Crippen molar-refractivity contribution >= 4 is 11.7 Å². The fraction of sp³-hybridized carbons (Fsp3) is 0.562. The van der Waals surface area contributed by atoms with Crippen LogP contribution in [0.15, 0.2) is 24.3 Å². The van der Waals surface area contributed by atoms with E-state index in [1.54, 1.807) is 0 Å². The summed E-state index contributed by atoms with van der Waals surface area (Å²) in [7, 11) is 0. The van der Waals surface area contributed by atoms with E-state index in [-0.39, 0.29) is 12.6 Å². The van der Waals surface area contributed by atoms with Gasteiger partial charge < -0.3 is 20.5 Å². The van der Waals surface area contributed by atoms with Crippen LogP contribution in [0.3, 0.4) is 0 Å². The number of urea groups is 1. The number of aliphatic hydroxyl groups is 1. The van der Waals surface area contributed by atoms with Gasteiger partial charge in [0.25, 0.3) is 0 Å². The topological polar surface area (TPSA) is 70.6 Å². The van der Waals surface area contributed by atoms with Gasteiger partial charge in [-0.1, -0.05) is 26.0 Å². The number of anilines is 1. The van der Waals surface area contributed by atoms with Gasteiger partial charge in [-0.3, -0.25) is 0 Å². The molecule has 0 aliphatic heterocycles. The first-order chi connectivity index (χ1) is 10.0. The standard InChI is InChI=1S/C16H26N2O3/c1-4-21-11-13-5-7-14(8-6-13)18-16(20)17-10-15(19)9-12(2)3/h5-8,12,15,19H,4,9-11H2,1-3H3,(H2,17,18,20). The molecule has 3 N–H and O–H groups in total. The predicted octanol–water partition coefficient (Wildman–Crippen LogP) is 2.75. The van der Waals surface area contributed by atoms with Gasteiger partial charge in [-0.05, 0) is 37.0 Å². The Morgan fingerprint density at radius 2 is 1.95 bits per heavy atom. The molecule has 0 radical (unpaired) electrons. The van der Waals surface area contributed by atoms with E-state index in [4.69, 9.17) is 4.74 Å².